The number of anilines is 1. The molecule has 1 aliphatic carbocycles. The van der Waals surface area contributed by atoms with Crippen molar-refractivity contribution in [2.24, 2.45) is 0 Å². The van der Waals surface area contributed by atoms with Gasteiger partial charge in [0.25, 0.3) is 0 Å². The van der Waals surface area contributed by atoms with Gasteiger partial charge < -0.3 is 10.2 Å². The molecule has 1 aromatic carbocycles. The van der Waals surface area contributed by atoms with E-state index in [9.17, 15) is 4.79 Å². The lowest BCUT2D eigenvalue weighted by Crippen LogP contribution is -2.51. The molecule has 1 heterocycles. The summed E-state index contributed by atoms with van der Waals surface area (Å²) in [6.45, 7) is 3.01. The Morgan fingerprint density at radius 3 is 2.79 bits per heavy atom. The molecule has 0 radical (unpaired) electrons. The first kappa shape index (κ1) is 12.7. The molecule has 102 valence electrons. The lowest BCUT2D eigenvalue weighted by atomic mass is 10.0. The second-order valence-corrected chi connectivity index (χ2v) is 5.61. The number of nitrogens with zero attached hydrogens (tertiary/aromatic N) is 1. The van der Waals surface area contributed by atoms with Crippen LogP contribution < -0.4 is 10.2 Å². The first-order valence-electron chi connectivity index (χ1n) is 7.45. The summed E-state index contributed by atoms with van der Waals surface area (Å²) in [4.78, 5) is 14.6. The maximum Gasteiger partial charge on any atom is 0.244 e. The molecule has 1 unspecified atom stereocenters. The van der Waals surface area contributed by atoms with Crippen LogP contribution in [0.15, 0.2) is 24.3 Å². The summed E-state index contributed by atoms with van der Waals surface area (Å²) in [7, 11) is 0. The zero-order valence-corrected chi connectivity index (χ0v) is 11.6. The second kappa shape index (κ2) is 5.33. The zero-order valence-electron chi connectivity index (χ0n) is 11.6. The van der Waals surface area contributed by atoms with E-state index in [0.717, 1.165) is 31.5 Å². The van der Waals surface area contributed by atoms with Gasteiger partial charge in [0.1, 0.15) is 0 Å². The predicted molar refractivity (Wildman–Crippen MR) is 77.4 cm³/mol. The van der Waals surface area contributed by atoms with Crippen molar-refractivity contribution in [3.05, 3.63) is 29.8 Å². The maximum absolute atomic E-state index is 12.6. The smallest absolute Gasteiger partial charge is 0.244 e. The van der Waals surface area contributed by atoms with Crippen LogP contribution in [0.3, 0.4) is 0 Å². The number of amides is 1. The minimum absolute atomic E-state index is 0.0335. The number of hydrogen-bond acceptors (Lipinski definition) is 2. The molecule has 0 spiro atoms. The maximum atomic E-state index is 12.6. The van der Waals surface area contributed by atoms with E-state index >= 15 is 0 Å². The molecule has 3 rings (SSSR count). The van der Waals surface area contributed by atoms with Crippen molar-refractivity contribution in [2.45, 2.75) is 51.1 Å². The van der Waals surface area contributed by atoms with Gasteiger partial charge in [-0.3, -0.25) is 4.79 Å². The highest BCUT2D eigenvalue weighted by atomic mass is 16.2. The standard InChI is InChI=1S/C16H22N2O/c1-2-12-6-3-4-8-15(12)18-11-5-7-14(16(18)19)17-13-9-10-13/h3-4,6,8,13-14,17H,2,5,7,9-11H2,1H3. The largest absolute Gasteiger partial charge is 0.311 e. The van der Waals surface area contributed by atoms with E-state index in [0.29, 0.717) is 6.04 Å². The van der Waals surface area contributed by atoms with Crippen molar-refractivity contribution in [3.8, 4) is 0 Å². The van der Waals surface area contributed by atoms with Gasteiger partial charge in [-0.2, -0.15) is 0 Å². The predicted octanol–water partition coefficient (Wildman–Crippen LogP) is 2.50. The summed E-state index contributed by atoms with van der Waals surface area (Å²) in [6, 6.07) is 8.91. The number of aryl methyl sites for hydroxylation is 1. The topological polar surface area (TPSA) is 32.3 Å². The van der Waals surface area contributed by atoms with Crippen LogP contribution in [0.2, 0.25) is 0 Å². The van der Waals surface area contributed by atoms with Gasteiger partial charge in [-0.25, -0.2) is 0 Å². The van der Waals surface area contributed by atoms with Crippen LogP contribution in [-0.4, -0.2) is 24.5 Å². The second-order valence-electron chi connectivity index (χ2n) is 5.61. The third-order valence-corrected chi connectivity index (χ3v) is 4.12. The highest BCUT2D eigenvalue weighted by Gasteiger charge is 2.34. The number of carbonyl (C=O) groups is 1. The molecule has 1 N–H and O–H groups in total. The van der Waals surface area contributed by atoms with Gasteiger partial charge in [0.2, 0.25) is 5.91 Å². The number of carbonyl (C=O) groups excluding carboxylic acids is 1. The fraction of sp³-hybridized carbons (Fsp3) is 0.562. The van der Waals surface area contributed by atoms with E-state index in [4.69, 9.17) is 0 Å². The summed E-state index contributed by atoms with van der Waals surface area (Å²) in [6.07, 6.45) is 5.51. The first-order chi connectivity index (χ1) is 9.29. The Hall–Kier alpha value is -1.35. The summed E-state index contributed by atoms with van der Waals surface area (Å²) in [5.74, 6) is 0.263. The molecule has 2 aliphatic rings. The molecule has 19 heavy (non-hydrogen) atoms. The summed E-state index contributed by atoms with van der Waals surface area (Å²) >= 11 is 0. The van der Waals surface area contributed by atoms with E-state index < -0.39 is 0 Å². The third kappa shape index (κ3) is 2.66. The zero-order chi connectivity index (χ0) is 13.2. The molecule has 3 nitrogen and oxygen atoms in total. The molecule has 0 aromatic heterocycles. The van der Waals surface area contributed by atoms with E-state index in [-0.39, 0.29) is 11.9 Å². The van der Waals surface area contributed by atoms with Gasteiger partial charge in [0.15, 0.2) is 0 Å². The highest BCUT2D eigenvalue weighted by molar-refractivity contribution is 5.98. The van der Waals surface area contributed by atoms with Crippen LogP contribution >= 0.6 is 0 Å². The summed E-state index contributed by atoms with van der Waals surface area (Å²) in [5.41, 5.74) is 2.38. The minimum atomic E-state index is 0.0335. The molecule has 1 amide bonds. The number of nitrogens with one attached hydrogen (secondary N) is 1. The molecular formula is C16H22N2O. The van der Waals surface area contributed by atoms with E-state index in [1.54, 1.807) is 0 Å². The van der Waals surface area contributed by atoms with Gasteiger partial charge in [-0.1, -0.05) is 25.1 Å². The Bertz CT molecular complexity index is 468. The third-order valence-electron chi connectivity index (χ3n) is 4.12. The van der Waals surface area contributed by atoms with Crippen LogP contribution in [0.1, 0.15) is 38.2 Å². The van der Waals surface area contributed by atoms with Crippen molar-refractivity contribution < 1.29 is 4.79 Å². The summed E-state index contributed by atoms with van der Waals surface area (Å²) in [5, 5.41) is 3.49. The number of rotatable bonds is 4. The minimum Gasteiger partial charge on any atom is -0.311 e. The van der Waals surface area contributed by atoms with Gasteiger partial charge in [0.05, 0.1) is 6.04 Å². The Balaban J connectivity index is 1.80. The highest BCUT2D eigenvalue weighted by Crippen LogP contribution is 2.27. The lowest BCUT2D eigenvalue weighted by molar-refractivity contribution is -0.121. The van der Waals surface area contributed by atoms with Gasteiger partial charge in [-0.15, -0.1) is 0 Å². The van der Waals surface area contributed by atoms with Gasteiger partial charge in [-0.05, 0) is 43.7 Å². The normalized spacial score (nSPS) is 23.7. The van der Waals surface area contributed by atoms with Crippen LogP contribution in [0.25, 0.3) is 0 Å². The molecular weight excluding hydrogens is 236 g/mol. The average Bonchev–Trinajstić information content (AvgIpc) is 3.25. The van der Waals surface area contributed by atoms with Crippen molar-refractivity contribution in [2.75, 3.05) is 11.4 Å². The number of piperidine rings is 1. The molecule has 2 fully saturated rings. The Labute approximate surface area is 115 Å². The summed E-state index contributed by atoms with van der Waals surface area (Å²) < 4.78 is 0. The molecule has 1 saturated carbocycles. The molecule has 3 heteroatoms. The number of benzene rings is 1. The number of hydrogen-bond donors (Lipinski definition) is 1. The van der Waals surface area contributed by atoms with Gasteiger partial charge in [0, 0.05) is 18.3 Å². The number of para-hydroxylation sites is 1. The van der Waals surface area contributed by atoms with Crippen LogP contribution in [0, 0.1) is 0 Å². The molecule has 1 aromatic rings. The van der Waals surface area contributed by atoms with Crippen molar-refractivity contribution in [3.63, 3.8) is 0 Å². The van der Waals surface area contributed by atoms with Crippen molar-refractivity contribution in [1.82, 2.24) is 5.32 Å². The Morgan fingerprint density at radius 2 is 2.05 bits per heavy atom. The van der Waals surface area contributed by atoms with Gasteiger partial charge >= 0.3 is 0 Å². The van der Waals surface area contributed by atoms with Crippen molar-refractivity contribution in [1.29, 1.82) is 0 Å². The van der Waals surface area contributed by atoms with E-state index in [1.165, 1.54) is 18.4 Å². The fourth-order valence-corrected chi connectivity index (χ4v) is 2.88. The van der Waals surface area contributed by atoms with E-state index in [1.807, 2.05) is 11.0 Å². The monoisotopic (exact) mass is 258 g/mol. The molecule has 1 aliphatic heterocycles. The Morgan fingerprint density at radius 1 is 1.26 bits per heavy atom. The van der Waals surface area contributed by atoms with Crippen LogP contribution in [0.5, 0.6) is 0 Å². The average molecular weight is 258 g/mol. The van der Waals surface area contributed by atoms with Crippen LogP contribution in [0.4, 0.5) is 5.69 Å². The molecule has 1 saturated heterocycles. The quantitative estimate of drug-likeness (QED) is 0.900. The SMILES string of the molecule is CCc1ccccc1N1CCCC(NC2CC2)C1=O. The van der Waals surface area contributed by atoms with Crippen LogP contribution in [-0.2, 0) is 11.2 Å². The van der Waals surface area contributed by atoms with E-state index in [2.05, 4.69) is 30.4 Å². The van der Waals surface area contributed by atoms with Crippen molar-refractivity contribution >= 4 is 11.6 Å². The molecule has 1 atom stereocenters. The fourth-order valence-electron chi connectivity index (χ4n) is 2.88. The lowest BCUT2D eigenvalue weighted by Gasteiger charge is -2.34. The first-order valence-corrected chi connectivity index (χ1v) is 7.45. The molecule has 0 bridgehead atoms. The Kier molecular flexibility index (Phi) is 3.56.